The van der Waals surface area contributed by atoms with E-state index < -0.39 is 12.2 Å². The van der Waals surface area contributed by atoms with Gasteiger partial charge in [-0.1, -0.05) is 26.7 Å². The van der Waals surface area contributed by atoms with Crippen molar-refractivity contribution in [2.75, 3.05) is 52.9 Å². The van der Waals surface area contributed by atoms with Crippen LogP contribution in [0.4, 0.5) is 0 Å². The Morgan fingerprint density at radius 1 is 0.700 bits per heavy atom. The molecule has 1 rings (SSSR count). The van der Waals surface area contributed by atoms with E-state index in [0.29, 0.717) is 65.7 Å². The molecule has 0 aromatic rings. The fourth-order valence-corrected chi connectivity index (χ4v) is 2.82. The maximum Gasteiger partial charge on any atom is 0.308 e. The second kappa shape index (κ2) is 18.5. The Bertz CT molecular complexity index is 403. The van der Waals surface area contributed by atoms with Gasteiger partial charge in [0.1, 0.15) is 0 Å². The van der Waals surface area contributed by atoms with E-state index in [9.17, 15) is 9.59 Å². The zero-order valence-corrected chi connectivity index (χ0v) is 18.7. The minimum absolute atomic E-state index is 0.0357. The third-order valence-corrected chi connectivity index (χ3v) is 4.57. The molecule has 0 aromatic carbocycles. The van der Waals surface area contributed by atoms with E-state index in [1.165, 1.54) is 0 Å². The highest BCUT2D eigenvalue weighted by atomic mass is 16.6. The third kappa shape index (κ3) is 13.9. The Labute approximate surface area is 180 Å². The maximum atomic E-state index is 12.3. The van der Waals surface area contributed by atoms with E-state index in [0.717, 1.165) is 25.7 Å². The molecular weight excluding hydrogens is 392 g/mol. The van der Waals surface area contributed by atoms with Crippen LogP contribution in [0.15, 0.2) is 0 Å². The minimum Gasteiger partial charge on any atom is -0.466 e. The second-order valence-corrected chi connectivity index (χ2v) is 7.31. The molecule has 2 atom stereocenters. The molecule has 1 aliphatic rings. The number of esters is 2. The van der Waals surface area contributed by atoms with Crippen LogP contribution in [0.25, 0.3) is 0 Å². The molecule has 8 heteroatoms. The SMILES string of the molecule is CCCCOC(=O)CC1OCCCOCCOCCCO[C@H]1CC(=O)OCCCC. The van der Waals surface area contributed by atoms with Gasteiger partial charge in [-0.05, 0) is 25.7 Å². The van der Waals surface area contributed by atoms with E-state index in [-0.39, 0.29) is 24.8 Å². The number of rotatable bonds is 10. The summed E-state index contributed by atoms with van der Waals surface area (Å²) >= 11 is 0. The molecule has 1 heterocycles. The molecule has 0 bridgehead atoms. The van der Waals surface area contributed by atoms with Crippen molar-refractivity contribution in [2.45, 2.75) is 77.4 Å². The lowest BCUT2D eigenvalue weighted by molar-refractivity contribution is -0.159. The number of unbranched alkanes of at least 4 members (excludes halogenated alkanes) is 2. The predicted octanol–water partition coefficient (Wildman–Crippen LogP) is 3.05. The summed E-state index contributed by atoms with van der Waals surface area (Å²) in [4.78, 5) is 24.6. The van der Waals surface area contributed by atoms with Crippen LogP contribution in [0.2, 0.25) is 0 Å². The highest BCUT2D eigenvalue weighted by Crippen LogP contribution is 2.16. The first kappa shape index (κ1) is 26.8. The van der Waals surface area contributed by atoms with Crippen molar-refractivity contribution >= 4 is 11.9 Å². The van der Waals surface area contributed by atoms with Gasteiger partial charge >= 0.3 is 11.9 Å². The van der Waals surface area contributed by atoms with Gasteiger partial charge in [-0.25, -0.2) is 0 Å². The van der Waals surface area contributed by atoms with E-state index in [2.05, 4.69) is 0 Å². The Hall–Kier alpha value is -1.22. The van der Waals surface area contributed by atoms with Gasteiger partial charge < -0.3 is 28.4 Å². The van der Waals surface area contributed by atoms with Gasteiger partial charge in [-0.3, -0.25) is 9.59 Å². The Morgan fingerprint density at radius 2 is 1.13 bits per heavy atom. The summed E-state index contributed by atoms with van der Waals surface area (Å²) in [6, 6.07) is 0. The molecule has 0 saturated carbocycles. The number of ether oxygens (including phenoxy) is 6. The number of carbonyl (C=O) groups is 2. The normalized spacial score (nSPS) is 22.1. The van der Waals surface area contributed by atoms with Crippen molar-refractivity contribution in [1.29, 1.82) is 0 Å². The molecule has 8 nitrogen and oxygen atoms in total. The van der Waals surface area contributed by atoms with Crippen molar-refractivity contribution in [3.8, 4) is 0 Å². The topological polar surface area (TPSA) is 89.5 Å². The fourth-order valence-electron chi connectivity index (χ4n) is 2.82. The van der Waals surface area contributed by atoms with Gasteiger partial charge in [0.15, 0.2) is 0 Å². The summed E-state index contributed by atoms with van der Waals surface area (Å²) in [5.41, 5.74) is 0. The molecule has 1 saturated heterocycles. The van der Waals surface area contributed by atoms with E-state index >= 15 is 0 Å². The first-order valence-corrected chi connectivity index (χ1v) is 11.4. The minimum atomic E-state index is -0.582. The molecule has 0 spiro atoms. The largest absolute Gasteiger partial charge is 0.466 e. The molecule has 0 amide bonds. The zero-order valence-electron chi connectivity index (χ0n) is 18.7. The van der Waals surface area contributed by atoms with E-state index in [1.807, 2.05) is 13.8 Å². The van der Waals surface area contributed by atoms with Crippen LogP contribution < -0.4 is 0 Å². The van der Waals surface area contributed by atoms with Crippen molar-refractivity contribution < 1.29 is 38.0 Å². The van der Waals surface area contributed by atoms with Crippen LogP contribution in [0.3, 0.4) is 0 Å². The molecule has 30 heavy (non-hydrogen) atoms. The first-order chi connectivity index (χ1) is 14.7. The monoisotopic (exact) mass is 432 g/mol. The van der Waals surface area contributed by atoms with Crippen LogP contribution in [-0.2, 0) is 38.0 Å². The summed E-state index contributed by atoms with van der Waals surface area (Å²) in [7, 11) is 0. The molecule has 0 N–H and O–H groups in total. The Kier molecular flexibility index (Phi) is 16.6. The van der Waals surface area contributed by atoms with Crippen LogP contribution in [0.5, 0.6) is 0 Å². The molecule has 0 aliphatic carbocycles. The molecule has 176 valence electrons. The van der Waals surface area contributed by atoms with Crippen molar-refractivity contribution in [3.05, 3.63) is 0 Å². The lowest BCUT2D eigenvalue weighted by atomic mass is 10.1. The highest BCUT2D eigenvalue weighted by Gasteiger charge is 2.29. The van der Waals surface area contributed by atoms with Gasteiger partial charge in [-0.2, -0.15) is 0 Å². The van der Waals surface area contributed by atoms with Gasteiger partial charge in [0, 0.05) is 26.4 Å². The average molecular weight is 433 g/mol. The second-order valence-electron chi connectivity index (χ2n) is 7.31. The predicted molar refractivity (Wildman–Crippen MR) is 111 cm³/mol. The molecular formula is C22H40O8. The summed E-state index contributed by atoms with van der Waals surface area (Å²) in [6.45, 7) is 7.82. The molecule has 1 aliphatic heterocycles. The van der Waals surface area contributed by atoms with Crippen LogP contribution >= 0.6 is 0 Å². The molecule has 0 radical (unpaired) electrons. The van der Waals surface area contributed by atoms with Gasteiger partial charge in [0.25, 0.3) is 0 Å². The summed E-state index contributed by atoms with van der Waals surface area (Å²) < 4.78 is 33.5. The Balaban J connectivity index is 2.72. The van der Waals surface area contributed by atoms with Crippen molar-refractivity contribution in [2.24, 2.45) is 0 Å². The number of carbonyl (C=O) groups excluding carboxylic acids is 2. The maximum absolute atomic E-state index is 12.3. The zero-order chi connectivity index (χ0) is 21.9. The van der Waals surface area contributed by atoms with Crippen LogP contribution in [0.1, 0.15) is 65.2 Å². The van der Waals surface area contributed by atoms with E-state index in [1.54, 1.807) is 0 Å². The number of hydrogen-bond acceptors (Lipinski definition) is 8. The third-order valence-electron chi connectivity index (χ3n) is 4.57. The van der Waals surface area contributed by atoms with Crippen molar-refractivity contribution in [3.63, 3.8) is 0 Å². The smallest absolute Gasteiger partial charge is 0.308 e. The number of hydrogen-bond donors (Lipinski definition) is 0. The summed E-state index contributed by atoms with van der Waals surface area (Å²) in [5.74, 6) is -0.691. The summed E-state index contributed by atoms with van der Waals surface area (Å²) in [6.07, 6.45) is 3.79. The molecule has 1 unspecified atom stereocenters. The standard InChI is InChI=1S/C22H40O8/c1-3-5-11-29-21(23)17-19-20(18-22(24)30-12-6-4-2)28-14-8-10-26-16-15-25-9-7-13-27-19/h19-20H,3-18H2,1-2H3/t19-,20?/m0/s1. The first-order valence-electron chi connectivity index (χ1n) is 11.4. The highest BCUT2D eigenvalue weighted by molar-refractivity contribution is 5.72. The lowest BCUT2D eigenvalue weighted by Crippen LogP contribution is -2.37. The van der Waals surface area contributed by atoms with Gasteiger partial charge in [0.2, 0.25) is 0 Å². The quantitative estimate of drug-likeness (QED) is 0.384. The van der Waals surface area contributed by atoms with Crippen molar-refractivity contribution in [1.82, 2.24) is 0 Å². The van der Waals surface area contributed by atoms with E-state index in [4.69, 9.17) is 28.4 Å². The van der Waals surface area contributed by atoms with Crippen LogP contribution in [0, 0.1) is 0 Å². The average Bonchev–Trinajstić information content (AvgIpc) is 2.73. The fraction of sp³-hybridized carbons (Fsp3) is 0.909. The van der Waals surface area contributed by atoms with Gasteiger partial charge in [0.05, 0.1) is 51.5 Å². The van der Waals surface area contributed by atoms with Gasteiger partial charge in [-0.15, -0.1) is 0 Å². The lowest BCUT2D eigenvalue weighted by Gasteiger charge is -2.27. The molecule has 0 aromatic heterocycles. The van der Waals surface area contributed by atoms with Crippen LogP contribution in [-0.4, -0.2) is 77.0 Å². The Morgan fingerprint density at radius 3 is 1.53 bits per heavy atom. The molecule has 1 fully saturated rings. The summed E-state index contributed by atoms with van der Waals surface area (Å²) in [5, 5.41) is 0.